The van der Waals surface area contributed by atoms with Gasteiger partial charge in [-0.25, -0.2) is 0 Å². The number of unbranched alkanes of at least 4 members (excludes halogenated alkanes) is 42. The molecule has 0 radical (unpaired) electrons. The molecular formula is C59H118O10. The number of aliphatic hydroxyl groups excluding tert-OH is 2. The van der Waals surface area contributed by atoms with E-state index >= 15 is 0 Å². The maximum absolute atomic E-state index is 10.3. The lowest BCUT2D eigenvalue weighted by molar-refractivity contribution is -0.144. The van der Waals surface area contributed by atoms with Crippen LogP contribution in [0.2, 0.25) is 0 Å². The van der Waals surface area contributed by atoms with Gasteiger partial charge in [-0.1, -0.05) is 290 Å². The summed E-state index contributed by atoms with van der Waals surface area (Å²) >= 11 is 0. The second-order valence-electron chi connectivity index (χ2n) is 19.9. The van der Waals surface area contributed by atoms with Crippen LogP contribution in [0.5, 0.6) is 0 Å². The van der Waals surface area contributed by atoms with Gasteiger partial charge in [0.1, 0.15) is 12.7 Å². The summed E-state index contributed by atoms with van der Waals surface area (Å²) in [5.74, 6) is -2.42. The zero-order valence-corrected chi connectivity index (χ0v) is 46.2. The molecule has 10 heteroatoms. The van der Waals surface area contributed by atoms with Crippen molar-refractivity contribution in [2.75, 3.05) is 13.2 Å². The summed E-state index contributed by atoms with van der Waals surface area (Å²) in [6, 6.07) is 0. The first-order valence-electron chi connectivity index (χ1n) is 29.6. The van der Waals surface area contributed by atoms with E-state index in [1.807, 2.05) is 0 Å². The lowest BCUT2D eigenvalue weighted by Gasteiger charge is -2.05. The zero-order chi connectivity index (χ0) is 51.9. The van der Waals surface area contributed by atoms with E-state index in [9.17, 15) is 19.2 Å². The van der Waals surface area contributed by atoms with Crippen LogP contribution in [-0.2, 0) is 23.9 Å². The number of carbonyl (C=O) groups excluding carboxylic acids is 1. The molecule has 0 saturated heterocycles. The van der Waals surface area contributed by atoms with Gasteiger partial charge in [0.2, 0.25) is 0 Å². The van der Waals surface area contributed by atoms with Crippen molar-refractivity contribution < 1.29 is 49.4 Å². The van der Waals surface area contributed by atoms with Crippen molar-refractivity contribution in [2.24, 2.45) is 0 Å². The average molecular weight is 988 g/mol. The van der Waals surface area contributed by atoms with Gasteiger partial charge >= 0.3 is 23.9 Å². The largest absolute Gasteiger partial charge is 0.481 e. The van der Waals surface area contributed by atoms with Crippen LogP contribution in [0.25, 0.3) is 0 Å². The third kappa shape index (κ3) is 86.0. The fourth-order valence-electron chi connectivity index (χ4n) is 8.21. The quantitative estimate of drug-likeness (QED) is 0.0291. The number of aliphatic carboxylic acids is 3. The van der Waals surface area contributed by atoms with Gasteiger partial charge in [0.15, 0.2) is 0 Å². The molecule has 0 aromatic rings. The van der Waals surface area contributed by atoms with Crippen LogP contribution >= 0.6 is 0 Å². The van der Waals surface area contributed by atoms with E-state index in [1.165, 1.54) is 257 Å². The Bertz CT molecular complexity index is 901. The minimum atomic E-state index is -0.950. The predicted octanol–water partition coefficient (Wildman–Crippen LogP) is 17.9. The van der Waals surface area contributed by atoms with Crippen molar-refractivity contribution in [3.63, 3.8) is 0 Å². The topological polar surface area (TPSA) is 179 Å². The molecule has 0 aliphatic rings. The third-order valence-corrected chi connectivity index (χ3v) is 12.7. The number of hydrogen-bond donors (Lipinski definition) is 5. The summed E-state index contributed by atoms with van der Waals surface area (Å²) in [5.41, 5.74) is 0. The summed E-state index contributed by atoms with van der Waals surface area (Å²) < 4.78 is 4.35. The Balaban J connectivity index is -0.000000421. The Hall–Kier alpha value is -2.20. The second-order valence-corrected chi connectivity index (χ2v) is 19.9. The molecule has 69 heavy (non-hydrogen) atoms. The average Bonchev–Trinajstić information content (AvgIpc) is 3.32. The van der Waals surface area contributed by atoms with Gasteiger partial charge in [-0.2, -0.15) is 0 Å². The van der Waals surface area contributed by atoms with E-state index in [-0.39, 0.29) is 13.2 Å². The maximum Gasteiger partial charge on any atom is 0.303 e. The molecule has 0 aliphatic heterocycles. The summed E-state index contributed by atoms with van der Waals surface area (Å²) in [6.07, 6.45) is 59.6. The Labute approximate surface area is 427 Å². The molecule has 0 saturated carbocycles. The van der Waals surface area contributed by atoms with Crippen molar-refractivity contribution in [1.29, 1.82) is 0 Å². The fourth-order valence-corrected chi connectivity index (χ4v) is 8.21. The number of rotatable bonds is 51. The molecule has 0 fully saturated rings. The van der Waals surface area contributed by atoms with Crippen molar-refractivity contribution in [3.8, 4) is 0 Å². The first-order valence-corrected chi connectivity index (χ1v) is 29.6. The Morgan fingerprint density at radius 2 is 0.478 bits per heavy atom. The molecule has 0 spiro atoms. The lowest BCUT2D eigenvalue weighted by atomic mass is 10.0. The van der Waals surface area contributed by atoms with Crippen LogP contribution in [0.3, 0.4) is 0 Å². The smallest absolute Gasteiger partial charge is 0.303 e. The van der Waals surface area contributed by atoms with E-state index < -0.39 is 30.0 Å². The molecule has 0 bridgehead atoms. The van der Waals surface area contributed by atoms with E-state index in [4.69, 9.17) is 25.5 Å². The number of carboxylic acids is 3. The fraction of sp³-hybridized carbons (Fsp3) is 0.932. The number of carboxylic acid groups (broad SMARTS) is 3. The highest BCUT2D eigenvalue weighted by Crippen LogP contribution is 2.16. The minimum Gasteiger partial charge on any atom is -0.481 e. The van der Waals surface area contributed by atoms with Gasteiger partial charge in [-0.15, -0.1) is 0 Å². The summed E-state index contributed by atoms with van der Waals surface area (Å²) in [4.78, 5) is 41.0. The highest BCUT2D eigenvalue weighted by molar-refractivity contribution is 5.67. The first kappa shape index (κ1) is 73.3. The number of esters is 1. The predicted molar refractivity (Wildman–Crippen MR) is 291 cm³/mol. The van der Waals surface area contributed by atoms with E-state index in [1.54, 1.807) is 0 Å². The number of ether oxygens (including phenoxy) is 1. The molecule has 0 rings (SSSR count). The summed E-state index contributed by atoms with van der Waals surface area (Å²) in [7, 11) is 0. The van der Waals surface area contributed by atoms with Crippen molar-refractivity contribution in [2.45, 2.75) is 342 Å². The van der Waals surface area contributed by atoms with Crippen LogP contribution in [0, 0.1) is 0 Å². The molecule has 0 heterocycles. The molecule has 0 aromatic carbocycles. The van der Waals surface area contributed by atoms with Gasteiger partial charge in [-0.05, 0) is 19.3 Å². The highest BCUT2D eigenvalue weighted by Gasteiger charge is 2.03. The third-order valence-electron chi connectivity index (χ3n) is 12.7. The van der Waals surface area contributed by atoms with E-state index in [0.29, 0.717) is 19.3 Å². The number of carbonyl (C=O) groups is 4. The second kappa shape index (κ2) is 67.9. The molecule has 0 aromatic heterocycles. The maximum atomic E-state index is 10.3. The normalized spacial score (nSPS) is 11.1. The zero-order valence-electron chi connectivity index (χ0n) is 46.2. The SMILES string of the molecule is CC(=O)OCC(O)CO.CCCCCCCCCCCCCCCCCC(=O)O.CCCCCCCCCCCCCCCCCC(=O)O.CCCCCCCCCCCCCCCCCC(=O)O. The standard InChI is InChI=1S/3C18H36O2.C5H10O4/c3*1-2-3-4-5-6-7-8-9-10-11-12-13-14-15-16-17-18(19)20;1-4(7)9-3-5(8)2-6/h3*2-17H2,1H3,(H,19,20);5-6,8H,2-3H2,1H3. The van der Waals surface area contributed by atoms with Gasteiger partial charge in [0.05, 0.1) is 6.61 Å². The monoisotopic (exact) mass is 987 g/mol. The summed E-state index contributed by atoms with van der Waals surface area (Å²) in [5, 5.41) is 42.3. The van der Waals surface area contributed by atoms with Gasteiger partial charge in [0, 0.05) is 26.2 Å². The van der Waals surface area contributed by atoms with Crippen molar-refractivity contribution in [3.05, 3.63) is 0 Å². The Kier molecular flexibility index (Phi) is 72.1. The number of hydrogen-bond acceptors (Lipinski definition) is 7. The molecule has 1 atom stereocenters. The van der Waals surface area contributed by atoms with Crippen LogP contribution < -0.4 is 0 Å². The highest BCUT2D eigenvalue weighted by atomic mass is 16.5. The van der Waals surface area contributed by atoms with E-state index in [0.717, 1.165) is 38.5 Å². The summed E-state index contributed by atoms with van der Waals surface area (Å²) in [6.45, 7) is 7.54. The van der Waals surface area contributed by atoms with E-state index in [2.05, 4.69) is 25.5 Å². The van der Waals surface area contributed by atoms with Crippen LogP contribution in [-0.4, -0.2) is 68.7 Å². The lowest BCUT2D eigenvalue weighted by Crippen LogP contribution is -2.20. The van der Waals surface area contributed by atoms with Gasteiger partial charge < -0.3 is 30.3 Å². The van der Waals surface area contributed by atoms with Crippen LogP contribution in [0.1, 0.15) is 336 Å². The molecule has 10 nitrogen and oxygen atoms in total. The van der Waals surface area contributed by atoms with Gasteiger partial charge in [0.25, 0.3) is 0 Å². The van der Waals surface area contributed by atoms with Crippen LogP contribution in [0.15, 0.2) is 0 Å². The minimum absolute atomic E-state index is 0.133. The Morgan fingerprint density at radius 1 is 0.319 bits per heavy atom. The van der Waals surface area contributed by atoms with Crippen molar-refractivity contribution >= 4 is 23.9 Å². The Morgan fingerprint density at radius 3 is 0.609 bits per heavy atom. The van der Waals surface area contributed by atoms with Crippen LogP contribution in [0.4, 0.5) is 0 Å². The molecular weight excluding hydrogens is 869 g/mol. The molecule has 414 valence electrons. The van der Waals surface area contributed by atoms with Gasteiger partial charge in [-0.3, -0.25) is 19.2 Å². The van der Waals surface area contributed by atoms with Crippen molar-refractivity contribution in [1.82, 2.24) is 0 Å². The molecule has 0 aliphatic carbocycles. The molecule has 0 amide bonds. The number of aliphatic hydroxyl groups is 2. The molecule has 1 unspecified atom stereocenters. The first-order chi connectivity index (χ1) is 33.5. The molecule has 5 N–H and O–H groups in total.